The van der Waals surface area contributed by atoms with E-state index in [0.29, 0.717) is 30.7 Å². The zero-order valence-corrected chi connectivity index (χ0v) is 13.4. The van der Waals surface area contributed by atoms with Crippen molar-refractivity contribution in [2.24, 2.45) is 0 Å². The van der Waals surface area contributed by atoms with Crippen LogP contribution in [0.15, 0.2) is 22.7 Å². The number of hydrogen-bond acceptors (Lipinski definition) is 6. The Kier molecular flexibility index (Phi) is 4.44. The SMILES string of the molecule is Cc1nnc([C@H](C)N2CCN(c3ccc(C(F)(F)F)cn3)CC2)o1. The lowest BCUT2D eigenvalue weighted by molar-refractivity contribution is -0.137. The summed E-state index contributed by atoms with van der Waals surface area (Å²) in [6, 6.07) is 2.50. The molecule has 1 aliphatic rings. The van der Waals surface area contributed by atoms with Crippen molar-refractivity contribution in [2.75, 3.05) is 31.1 Å². The number of nitrogens with zero attached hydrogens (tertiary/aromatic N) is 5. The van der Waals surface area contributed by atoms with Crippen molar-refractivity contribution < 1.29 is 17.6 Å². The number of piperazine rings is 1. The zero-order valence-electron chi connectivity index (χ0n) is 13.4. The van der Waals surface area contributed by atoms with Crippen molar-refractivity contribution >= 4 is 5.82 Å². The van der Waals surface area contributed by atoms with Gasteiger partial charge >= 0.3 is 6.18 Å². The molecule has 0 bridgehead atoms. The lowest BCUT2D eigenvalue weighted by atomic mass is 10.2. The fraction of sp³-hybridized carbons (Fsp3) is 0.533. The Balaban J connectivity index is 1.60. The molecule has 2 aromatic rings. The van der Waals surface area contributed by atoms with E-state index in [1.165, 1.54) is 6.07 Å². The fourth-order valence-electron chi connectivity index (χ4n) is 2.72. The van der Waals surface area contributed by atoms with Gasteiger partial charge in [-0.3, -0.25) is 4.90 Å². The molecule has 6 nitrogen and oxygen atoms in total. The maximum Gasteiger partial charge on any atom is 0.417 e. The van der Waals surface area contributed by atoms with Crippen LogP contribution in [0.3, 0.4) is 0 Å². The molecule has 1 fully saturated rings. The van der Waals surface area contributed by atoms with Crippen LogP contribution >= 0.6 is 0 Å². The van der Waals surface area contributed by atoms with Crippen LogP contribution in [-0.4, -0.2) is 46.3 Å². The van der Waals surface area contributed by atoms with Crippen LogP contribution in [0.5, 0.6) is 0 Å². The predicted octanol–water partition coefficient (Wildman–Crippen LogP) is 2.68. The van der Waals surface area contributed by atoms with Crippen molar-refractivity contribution in [1.82, 2.24) is 20.1 Å². The Hall–Kier alpha value is -2.16. The highest BCUT2D eigenvalue weighted by Gasteiger charge is 2.31. The lowest BCUT2D eigenvalue weighted by Gasteiger charge is -2.37. The van der Waals surface area contributed by atoms with Gasteiger partial charge in [0.25, 0.3) is 0 Å². The van der Waals surface area contributed by atoms with Gasteiger partial charge in [0.1, 0.15) is 5.82 Å². The standard InChI is InChI=1S/C15H18F3N5O/c1-10(14-21-20-11(2)24-14)22-5-7-23(8-6-22)13-4-3-12(9-19-13)15(16,17)18/h3-4,9-10H,5-8H2,1-2H3/t10-/m0/s1. The number of halogens is 3. The molecule has 0 amide bonds. The van der Waals surface area contributed by atoms with E-state index in [0.717, 1.165) is 25.4 Å². The first-order valence-electron chi connectivity index (χ1n) is 7.67. The molecule has 1 atom stereocenters. The molecular weight excluding hydrogens is 323 g/mol. The van der Waals surface area contributed by atoms with E-state index in [4.69, 9.17) is 4.42 Å². The number of alkyl halides is 3. The minimum atomic E-state index is -4.36. The van der Waals surface area contributed by atoms with Crippen LogP contribution in [0, 0.1) is 6.92 Å². The van der Waals surface area contributed by atoms with Crippen LogP contribution in [0.1, 0.15) is 30.3 Å². The van der Waals surface area contributed by atoms with Crippen LogP contribution in [-0.2, 0) is 6.18 Å². The van der Waals surface area contributed by atoms with Crippen LogP contribution < -0.4 is 4.90 Å². The third-order valence-electron chi connectivity index (χ3n) is 4.16. The number of rotatable bonds is 3. The summed E-state index contributed by atoms with van der Waals surface area (Å²) in [5, 5.41) is 7.88. The molecule has 1 saturated heterocycles. The highest BCUT2D eigenvalue weighted by molar-refractivity contribution is 5.40. The van der Waals surface area contributed by atoms with Crippen molar-refractivity contribution in [2.45, 2.75) is 26.1 Å². The summed E-state index contributed by atoms with van der Waals surface area (Å²) in [5.74, 6) is 1.67. The third kappa shape index (κ3) is 3.50. The van der Waals surface area contributed by atoms with Crippen LogP contribution in [0.4, 0.5) is 19.0 Å². The van der Waals surface area contributed by atoms with Gasteiger partial charge < -0.3 is 9.32 Å². The number of aromatic nitrogens is 3. The van der Waals surface area contributed by atoms with Crippen molar-refractivity contribution in [3.63, 3.8) is 0 Å². The molecule has 0 aromatic carbocycles. The molecule has 0 radical (unpaired) electrons. The molecule has 0 saturated carbocycles. The molecule has 9 heteroatoms. The average Bonchev–Trinajstić information content (AvgIpc) is 3.00. The van der Waals surface area contributed by atoms with E-state index >= 15 is 0 Å². The first-order valence-corrected chi connectivity index (χ1v) is 7.67. The normalized spacial score (nSPS) is 18.0. The number of hydrogen-bond donors (Lipinski definition) is 0. The van der Waals surface area contributed by atoms with Crippen molar-refractivity contribution in [1.29, 1.82) is 0 Å². The maximum atomic E-state index is 12.6. The predicted molar refractivity (Wildman–Crippen MR) is 80.5 cm³/mol. The second-order valence-electron chi connectivity index (χ2n) is 5.76. The van der Waals surface area contributed by atoms with Gasteiger partial charge in [0.05, 0.1) is 11.6 Å². The average molecular weight is 341 g/mol. The van der Waals surface area contributed by atoms with E-state index in [9.17, 15) is 13.2 Å². The second kappa shape index (κ2) is 6.39. The van der Waals surface area contributed by atoms with Gasteiger partial charge in [-0.2, -0.15) is 13.2 Å². The Morgan fingerprint density at radius 2 is 1.83 bits per heavy atom. The van der Waals surface area contributed by atoms with E-state index in [1.807, 2.05) is 11.8 Å². The Morgan fingerprint density at radius 1 is 1.12 bits per heavy atom. The van der Waals surface area contributed by atoms with Gasteiger partial charge in [0.2, 0.25) is 11.8 Å². The minimum Gasteiger partial charge on any atom is -0.424 e. The molecule has 3 heterocycles. The Bertz CT molecular complexity index is 677. The highest BCUT2D eigenvalue weighted by atomic mass is 19.4. The largest absolute Gasteiger partial charge is 0.424 e. The molecule has 0 spiro atoms. The van der Waals surface area contributed by atoms with Gasteiger partial charge in [-0.15, -0.1) is 10.2 Å². The smallest absolute Gasteiger partial charge is 0.417 e. The Labute approximate surface area is 137 Å². The van der Waals surface area contributed by atoms with Crippen molar-refractivity contribution in [3.8, 4) is 0 Å². The monoisotopic (exact) mass is 341 g/mol. The molecule has 130 valence electrons. The summed E-state index contributed by atoms with van der Waals surface area (Å²) in [7, 11) is 0. The molecule has 1 aliphatic heterocycles. The van der Waals surface area contributed by atoms with E-state index < -0.39 is 11.7 Å². The molecule has 24 heavy (non-hydrogen) atoms. The van der Waals surface area contributed by atoms with E-state index in [1.54, 1.807) is 6.92 Å². The summed E-state index contributed by atoms with van der Waals surface area (Å²) in [6.45, 7) is 6.58. The summed E-state index contributed by atoms with van der Waals surface area (Å²) >= 11 is 0. The molecule has 3 rings (SSSR count). The molecule has 0 N–H and O–H groups in total. The molecule has 0 unspecified atom stereocenters. The van der Waals surface area contributed by atoms with Gasteiger partial charge in [0, 0.05) is 39.3 Å². The van der Waals surface area contributed by atoms with Crippen LogP contribution in [0.2, 0.25) is 0 Å². The number of aryl methyl sites for hydroxylation is 1. The Morgan fingerprint density at radius 3 is 2.33 bits per heavy atom. The maximum absolute atomic E-state index is 12.6. The van der Waals surface area contributed by atoms with E-state index in [2.05, 4.69) is 20.1 Å². The van der Waals surface area contributed by atoms with Gasteiger partial charge in [-0.25, -0.2) is 4.98 Å². The molecule has 2 aromatic heterocycles. The second-order valence-corrected chi connectivity index (χ2v) is 5.76. The van der Waals surface area contributed by atoms with Gasteiger partial charge in [-0.05, 0) is 19.1 Å². The van der Waals surface area contributed by atoms with E-state index in [-0.39, 0.29) is 6.04 Å². The summed E-state index contributed by atoms with van der Waals surface area (Å²) in [6.07, 6.45) is -3.48. The van der Waals surface area contributed by atoms with Crippen molar-refractivity contribution in [3.05, 3.63) is 35.7 Å². The zero-order chi connectivity index (χ0) is 17.3. The van der Waals surface area contributed by atoms with Crippen LogP contribution in [0.25, 0.3) is 0 Å². The number of pyridine rings is 1. The molecular formula is C15H18F3N5O. The third-order valence-corrected chi connectivity index (χ3v) is 4.16. The summed E-state index contributed by atoms with van der Waals surface area (Å²) in [5.41, 5.74) is -0.731. The topological polar surface area (TPSA) is 58.3 Å². The number of anilines is 1. The quantitative estimate of drug-likeness (QED) is 0.855. The fourth-order valence-corrected chi connectivity index (χ4v) is 2.72. The molecule has 0 aliphatic carbocycles. The van der Waals surface area contributed by atoms with Gasteiger partial charge in [-0.1, -0.05) is 0 Å². The van der Waals surface area contributed by atoms with Gasteiger partial charge in [0.15, 0.2) is 0 Å². The minimum absolute atomic E-state index is 0.00825. The highest BCUT2D eigenvalue weighted by Crippen LogP contribution is 2.29. The summed E-state index contributed by atoms with van der Waals surface area (Å²) in [4.78, 5) is 8.12. The first kappa shape index (κ1) is 16.7. The summed E-state index contributed by atoms with van der Waals surface area (Å²) < 4.78 is 43.2. The first-order chi connectivity index (χ1) is 11.3. The lowest BCUT2D eigenvalue weighted by Crippen LogP contribution is -2.47.